The molecule has 4 aliphatic rings. The lowest BCUT2D eigenvalue weighted by atomic mass is 9.45. The Hall–Kier alpha value is -0.370. The summed E-state index contributed by atoms with van der Waals surface area (Å²) in [7, 11) is 0. The predicted molar refractivity (Wildman–Crippen MR) is 78.1 cm³/mol. The molecule has 0 heterocycles. The van der Waals surface area contributed by atoms with Gasteiger partial charge in [-0.1, -0.05) is 20.3 Å². The predicted octanol–water partition coefficient (Wildman–Crippen LogP) is 3.57. The van der Waals surface area contributed by atoms with E-state index in [9.17, 15) is 9.90 Å². The number of aliphatic hydroxyl groups is 1. The molecule has 0 amide bonds. The molecule has 4 saturated carbocycles. The maximum absolute atomic E-state index is 12.8. The SMILES string of the molecule is CC12CCCC1C1CC3C(=O)C(C)(CC[C@H]3O)C1CC2. The van der Waals surface area contributed by atoms with Crippen LogP contribution in [0.15, 0.2) is 0 Å². The van der Waals surface area contributed by atoms with Gasteiger partial charge in [-0.15, -0.1) is 0 Å². The van der Waals surface area contributed by atoms with Gasteiger partial charge in [-0.05, 0) is 68.1 Å². The average molecular weight is 276 g/mol. The first-order valence-corrected chi connectivity index (χ1v) is 8.68. The van der Waals surface area contributed by atoms with Crippen molar-refractivity contribution in [2.24, 2.45) is 34.5 Å². The number of hydrogen-bond donors (Lipinski definition) is 1. The molecule has 0 saturated heterocycles. The Kier molecular flexibility index (Phi) is 2.72. The summed E-state index contributed by atoms with van der Waals surface area (Å²) < 4.78 is 0. The lowest BCUT2D eigenvalue weighted by Crippen LogP contribution is -2.59. The van der Waals surface area contributed by atoms with Crippen LogP contribution in [-0.4, -0.2) is 17.0 Å². The van der Waals surface area contributed by atoms with E-state index in [2.05, 4.69) is 13.8 Å². The highest BCUT2D eigenvalue weighted by molar-refractivity contribution is 5.89. The highest BCUT2D eigenvalue weighted by Crippen LogP contribution is 2.64. The fourth-order valence-corrected chi connectivity index (χ4v) is 6.70. The second-order valence-electron chi connectivity index (χ2n) is 8.69. The van der Waals surface area contributed by atoms with E-state index in [1.165, 1.54) is 32.1 Å². The molecule has 1 N–H and O–H groups in total. The molecule has 0 aromatic heterocycles. The van der Waals surface area contributed by atoms with E-state index in [0.717, 1.165) is 25.2 Å². The van der Waals surface area contributed by atoms with Gasteiger partial charge in [0.15, 0.2) is 0 Å². The summed E-state index contributed by atoms with van der Waals surface area (Å²) in [5.41, 5.74) is 0.425. The quantitative estimate of drug-likeness (QED) is 0.734. The molecule has 0 radical (unpaired) electrons. The van der Waals surface area contributed by atoms with Gasteiger partial charge in [0.25, 0.3) is 0 Å². The van der Waals surface area contributed by atoms with Crippen LogP contribution in [-0.2, 0) is 4.79 Å². The molecule has 2 heteroatoms. The first-order valence-electron chi connectivity index (χ1n) is 8.68. The largest absolute Gasteiger partial charge is 0.392 e. The van der Waals surface area contributed by atoms with Crippen molar-refractivity contribution in [1.29, 1.82) is 0 Å². The van der Waals surface area contributed by atoms with E-state index in [1.807, 2.05) is 0 Å². The zero-order valence-corrected chi connectivity index (χ0v) is 12.9. The number of aliphatic hydroxyl groups excluding tert-OH is 1. The summed E-state index contributed by atoms with van der Waals surface area (Å²) in [6.45, 7) is 4.72. The number of fused-ring (bicyclic) bond motifs is 6. The molecule has 0 spiro atoms. The van der Waals surface area contributed by atoms with Gasteiger partial charge in [0.1, 0.15) is 5.78 Å². The fraction of sp³-hybridized carbons (Fsp3) is 0.944. The van der Waals surface area contributed by atoms with Crippen molar-refractivity contribution >= 4 is 5.78 Å². The van der Waals surface area contributed by atoms with Crippen LogP contribution in [0.5, 0.6) is 0 Å². The van der Waals surface area contributed by atoms with Gasteiger partial charge >= 0.3 is 0 Å². The Labute approximate surface area is 122 Å². The van der Waals surface area contributed by atoms with Gasteiger partial charge in [-0.3, -0.25) is 4.79 Å². The zero-order chi connectivity index (χ0) is 14.1. The summed E-state index contributed by atoms with van der Waals surface area (Å²) in [6.07, 6.45) is 9.11. The van der Waals surface area contributed by atoms with Crippen LogP contribution in [0.4, 0.5) is 0 Å². The van der Waals surface area contributed by atoms with Crippen molar-refractivity contribution in [2.45, 2.75) is 71.3 Å². The van der Waals surface area contributed by atoms with Crippen LogP contribution >= 0.6 is 0 Å². The molecular formula is C18H28O2. The minimum absolute atomic E-state index is 0.0436. The van der Waals surface area contributed by atoms with Gasteiger partial charge in [0, 0.05) is 11.3 Å². The molecule has 112 valence electrons. The number of ketones is 1. The number of rotatable bonds is 0. The van der Waals surface area contributed by atoms with Crippen molar-refractivity contribution < 1.29 is 9.90 Å². The minimum Gasteiger partial charge on any atom is -0.392 e. The molecule has 4 rings (SSSR count). The van der Waals surface area contributed by atoms with E-state index in [1.54, 1.807) is 0 Å². The lowest BCUT2D eigenvalue weighted by molar-refractivity contribution is -0.167. The Morgan fingerprint density at radius 3 is 2.65 bits per heavy atom. The Morgan fingerprint density at radius 1 is 1.05 bits per heavy atom. The summed E-state index contributed by atoms with van der Waals surface area (Å²) in [5.74, 6) is 2.49. The first-order chi connectivity index (χ1) is 9.46. The van der Waals surface area contributed by atoms with Crippen LogP contribution in [0.1, 0.15) is 65.2 Å². The third-order valence-corrected chi connectivity index (χ3v) is 7.89. The average Bonchev–Trinajstić information content (AvgIpc) is 2.80. The number of carbonyl (C=O) groups excluding carboxylic acids is 1. The van der Waals surface area contributed by atoms with Crippen LogP contribution in [0, 0.1) is 34.5 Å². The topological polar surface area (TPSA) is 37.3 Å². The molecule has 2 nitrogen and oxygen atoms in total. The third-order valence-electron chi connectivity index (χ3n) is 7.89. The first kappa shape index (κ1) is 13.3. The van der Waals surface area contributed by atoms with E-state index in [4.69, 9.17) is 0 Å². The second kappa shape index (κ2) is 4.09. The Balaban J connectivity index is 1.72. The van der Waals surface area contributed by atoms with Crippen molar-refractivity contribution in [1.82, 2.24) is 0 Å². The molecule has 0 aliphatic heterocycles. The number of hydrogen-bond acceptors (Lipinski definition) is 2. The summed E-state index contributed by atoms with van der Waals surface area (Å²) in [6, 6.07) is 0. The highest BCUT2D eigenvalue weighted by atomic mass is 16.3. The number of Topliss-reactive ketones (excluding diaryl/α,β-unsaturated/α-hetero) is 1. The van der Waals surface area contributed by atoms with Crippen molar-refractivity contribution in [3.05, 3.63) is 0 Å². The maximum Gasteiger partial charge on any atom is 0.144 e. The normalized spacial score (nSPS) is 58.1. The molecule has 0 aromatic carbocycles. The van der Waals surface area contributed by atoms with Crippen molar-refractivity contribution in [3.63, 3.8) is 0 Å². The monoisotopic (exact) mass is 276 g/mol. The van der Waals surface area contributed by atoms with Gasteiger partial charge in [0.2, 0.25) is 0 Å². The van der Waals surface area contributed by atoms with E-state index in [-0.39, 0.29) is 17.4 Å². The molecule has 6 unspecified atom stereocenters. The second-order valence-corrected chi connectivity index (χ2v) is 8.69. The standard InChI is InChI=1S/C18H28O2/c1-17-7-3-4-13(17)11-10-12-15(19)6-9-18(2,16(12)20)14(11)5-8-17/h11-15,19H,3-10H2,1-2H3/t11?,12?,13?,14?,15-,17?,18?/m1/s1. The molecular weight excluding hydrogens is 248 g/mol. The molecule has 0 aromatic rings. The van der Waals surface area contributed by atoms with Crippen LogP contribution in [0.2, 0.25) is 0 Å². The molecule has 4 aliphatic carbocycles. The van der Waals surface area contributed by atoms with Gasteiger partial charge in [-0.2, -0.15) is 0 Å². The zero-order valence-electron chi connectivity index (χ0n) is 12.9. The summed E-state index contributed by atoms with van der Waals surface area (Å²) >= 11 is 0. The summed E-state index contributed by atoms with van der Waals surface area (Å²) in [5, 5.41) is 10.3. The van der Waals surface area contributed by atoms with Crippen molar-refractivity contribution in [2.75, 3.05) is 0 Å². The molecule has 4 fully saturated rings. The van der Waals surface area contributed by atoms with Crippen molar-refractivity contribution in [3.8, 4) is 0 Å². The Bertz CT molecular complexity index is 445. The van der Waals surface area contributed by atoms with E-state index in [0.29, 0.717) is 23.0 Å². The minimum atomic E-state index is -0.355. The summed E-state index contributed by atoms with van der Waals surface area (Å²) in [4.78, 5) is 12.8. The third kappa shape index (κ3) is 1.52. The molecule has 7 atom stereocenters. The van der Waals surface area contributed by atoms with Gasteiger partial charge < -0.3 is 5.11 Å². The van der Waals surface area contributed by atoms with Gasteiger partial charge in [-0.25, -0.2) is 0 Å². The fourth-order valence-electron chi connectivity index (χ4n) is 6.70. The molecule has 20 heavy (non-hydrogen) atoms. The van der Waals surface area contributed by atoms with E-state index < -0.39 is 0 Å². The number of carbonyl (C=O) groups is 1. The van der Waals surface area contributed by atoms with Gasteiger partial charge in [0.05, 0.1) is 6.10 Å². The smallest absolute Gasteiger partial charge is 0.144 e. The maximum atomic E-state index is 12.8. The highest BCUT2D eigenvalue weighted by Gasteiger charge is 2.61. The molecule has 2 bridgehead atoms. The van der Waals surface area contributed by atoms with Crippen LogP contribution in [0.3, 0.4) is 0 Å². The van der Waals surface area contributed by atoms with Crippen LogP contribution < -0.4 is 0 Å². The Morgan fingerprint density at radius 2 is 1.85 bits per heavy atom. The van der Waals surface area contributed by atoms with Crippen LogP contribution in [0.25, 0.3) is 0 Å². The van der Waals surface area contributed by atoms with E-state index >= 15 is 0 Å². The lowest BCUT2D eigenvalue weighted by Gasteiger charge is -2.59.